The lowest BCUT2D eigenvalue weighted by Crippen LogP contribution is -2.31. The van der Waals surface area contributed by atoms with E-state index in [0.29, 0.717) is 31.0 Å². The van der Waals surface area contributed by atoms with Crippen LogP contribution in [0.5, 0.6) is 0 Å². The van der Waals surface area contributed by atoms with E-state index < -0.39 is 15.9 Å². The highest BCUT2D eigenvalue weighted by atomic mass is 32.2. The number of benzene rings is 2. The number of sulfonamides is 1. The van der Waals surface area contributed by atoms with Gasteiger partial charge in [0.05, 0.1) is 11.3 Å². The summed E-state index contributed by atoms with van der Waals surface area (Å²) in [5, 5.41) is 10.3. The van der Waals surface area contributed by atoms with E-state index in [4.69, 9.17) is 4.42 Å². The third-order valence-electron chi connectivity index (χ3n) is 4.75. The molecule has 0 atom stereocenters. The minimum Gasteiger partial charge on any atom is -0.407 e. The molecule has 2 aromatic carbocycles. The number of aromatic nitrogens is 2. The minimum atomic E-state index is -3.59. The predicted octanol–water partition coefficient (Wildman–Crippen LogP) is 3.72. The largest absolute Gasteiger partial charge is 0.407 e. The summed E-state index contributed by atoms with van der Waals surface area (Å²) in [4.78, 5) is 12.6. The molecule has 9 heteroatoms. The van der Waals surface area contributed by atoms with Gasteiger partial charge in [-0.2, -0.15) is 4.31 Å². The molecule has 0 spiro atoms. The molecule has 8 nitrogen and oxygen atoms in total. The van der Waals surface area contributed by atoms with Crippen LogP contribution in [-0.4, -0.2) is 41.9 Å². The summed E-state index contributed by atoms with van der Waals surface area (Å²) < 4.78 is 32.5. The molecule has 31 heavy (non-hydrogen) atoms. The topological polar surface area (TPSA) is 105 Å². The number of amides is 1. The van der Waals surface area contributed by atoms with Crippen molar-refractivity contribution in [3.8, 4) is 0 Å². The molecular formula is C22H26N4O4S. The zero-order valence-electron chi connectivity index (χ0n) is 17.6. The van der Waals surface area contributed by atoms with Gasteiger partial charge >= 0.3 is 6.01 Å². The number of nitrogens with zero attached hydrogens (tertiary/aromatic N) is 3. The van der Waals surface area contributed by atoms with Gasteiger partial charge in [-0.15, -0.1) is 5.10 Å². The van der Waals surface area contributed by atoms with Crippen molar-refractivity contribution < 1.29 is 17.6 Å². The Balaban J connectivity index is 1.65. The Labute approximate surface area is 182 Å². The van der Waals surface area contributed by atoms with Gasteiger partial charge in [0.1, 0.15) is 0 Å². The van der Waals surface area contributed by atoms with Gasteiger partial charge in [0.25, 0.3) is 5.91 Å². The second-order valence-electron chi connectivity index (χ2n) is 6.99. The molecule has 1 aromatic heterocycles. The monoisotopic (exact) mass is 442 g/mol. The Bertz CT molecular complexity index is 1100. The summed E-state index contributed by atoms with van der Waals surface area (Å²) in [6.45, 7) is 4.69. The molecule has 0 saturated heterocycles. The zero-order chi connectivity index (χ0) is 22.3. The Hall–Kier alpha value is -3.04. The highest BCUT2D eigenvalue weighted by Gasteiger charge is 2.23. The van der Waals surface area contributed by atoms with E-state index in [2.05, 4.69) is 15.5 Å². The van der Waals surface area contributed by atoms with Crippen LogP contribution in [0.3, 0.4) is 0 Å². The van der Waals surface area contributed by atoms with Gasteiger partial charge in [-0.05, 0) is 36.2 Å². The average Bonchev–Trinajstić information content (AvgIpc) is 3.21. The lowest BCUT2D eigenvalue weighted by Gasteiger charge is -2.20. The van der Waals surface area contributed by atoms with Crippen molar-refractivity contribution in [3.05, 3.63) is 71.6 Å². The average molecular weight is 443 g/mol. The first-order chi connectivity index (χ1) is 14.9. The summed E-state index contributed by atoms with van der Waals surface area (Å²) in [6.07, 6.45) is 2.17. The van der Waals surface area contributed by atoms with E-state index >= 15 is 0 Å². The molecular weight excluding hydrogens is 416 g/mol. The summed E-state index contributed by atoms with van der Waals surface area (Å²) in [5.41, 5.74) is 1.30. The van der Waals surface area contributed by atoms with Gasteiger partial charge in [-0.3, -0.25) is 10.1 Å². The third kappa shape index (κ3) is 5.77. The molecule has 3 aromatic rings. The van der Waals surface area contributed by atoms with Crippen molar-refractivity contribution in [1.82, 2.24) is 14.5 Å². The number of carbonyl (C=O) groups excluding carboxylic acids is 1. The molecule has 164 valence electrons. The first kappa shape index (κ1) is 22.6. The maximum atomic E-state index is 12.8. The first-order valence-corrected chi connectivity index (χ1v) is 11.7. The molecule has 0 aliphatic heterocycles. The number of hydrogen-bond donors (Lipinski definition) is 1. The van der Waals surface area contributed by atoms with Crippen LogP contribution in [0.15, 0.2) is 63.9 Å². The smallest absolute Gasteiger partial charge is 0.322 e. The molecule has 0 radical (unpaired) electrons. The molecule has 3 rings (SSSR count). The maximum Gasteiger partial charge on any atom is 0.322 e. The van der Waals surface area contributed by atoms with Crippen LogP contribution in [0.25, 0.3) is 0 Å². The van der Waals surface area contributed by atoms with Crippen molar-refractivity contribution >= 4 is 21.9 Å². The molecule has 1 heterocycles. The number of hydrogen-bond acceptors (Lipinski definition) is 6. The van der Waals surface area contributed by atoms with Gasteiger partial charge in [-0.25, -0.2) is 8.42 Å². The number of anilines is 1. The van der Waals surface area contributed by atoms with E-state index in [1.807, 2.05) is 44.2 Å². The first-order valence-electron chi connectivity index (χ1n) is 10.2. The highest BCUT2D eigenvalue weighted by Crippen LogP contribution is 2.18. The van der Waals surface area contributed by atoms with E-state index in [1.165, 1.54) is 28.6 Å². The Morgan fingerprint density at radius 1 is 1.03 bits per heavy atom. The zero-order valence-corrected chi connectivity index (χ0v) is 18.4. The molecule has 1 N–H and O–H groups in total. The number of nitrogens with one attached hydrogen (secondary N) is 1. The lowest BCUT2D eigenvalue weighted by molar-refractivity contribution is 0.102. The SMILES string of the molecule is CCCCN(CC)S(=O)(=O)c1ccc(C(=O)Nc2nnc(Cc3ccccc3)o2)cc1. The van der Waals surface area contributed by atoms with Crippen LogP contribution in [0.4, 0.5) is 6.01 Å². The minimum absolute atomic E-state index is 0.00986. The quantitative estimate of drug-likeness (QED) is 0.513. The van der Waals surface area contributed by atoms with Gasteiger partial charge in [0, 0.05) is 18.7 Å². The van der Waals surface area contributed by atoms with Crippen molar-refractivity contribution in [2.75, 3.05) is 18.4 Å². The maximum absolute atomic E-state index is 12.8. The Morgan fingerprint density at radius 2 is 1.74 bits per heavy atom. The standard InChI is InChI=1S/C22H26N4O4S/c1-3-5-15-26(4-2)31(28,29)19-13-11-18(12-14-19)21(27)23-22-25-24-20(30-22)16-17-9-7-6-8-10-17/h6-14H,3-5,15-16H2,1-2H3,(H,23,25,27). The van der Waals surface area contributed by atoms with Crippen molar-refractivity contribution in [2.45, 2.75) is 38.0 Å². The summed E-state index contributed by atoms with van der Waals surface area (Å²) in [6, 6.07) is 15.5. The molecule has 0 aliphatic carbocycles. The molecule has 0 aliphatic rings. The van der Waals surface area contributed by atoms with Crippen LogP contribution in [0, 0.1) is 0 Å². The molecule has 1 amide bonds. The molecule has 0 saturated carbocycles. The van der Waals surface area contributed by atoms with Crippen LogP contribution < -0.4 is 5.32 Å². The van der Waals surface area contributed by atoms with Crippen LogP contribution in [-0.2, 0) is 16.4 Å². The van der Waals surface area contributed by atoms with Crippen LogP contribution >= 0.6 is 0 Å². The van der Waals surface area contributed by atoms with Gasteiger partial charge in [0.15, 0.2) is 0 Å². The van der Waals surface area contributed by atoms with Crippen LogP contribution in [0.1, 0.15) is 48.5 Å². The van der Waals surface area contributed by atoms with E-state index in [0.717, 1.165) is 18.4 Å². The Kier molecular flexibility index (Phi) is 7.54. The second kappa shape index (κ2) is 10.3. The van der Waals surface area contributed by atoms with Crippen LogP contribution in [0.2, 0.25) is 0 Å². The molecule has 0 unspecified atom stereocenters. The molecule has 0 bridgehead atoms. The third-order valence-corrected chi connectivity index (χ3v) is 6.74. The van der Waals surface area contributed by atoms with E-state index in [-0.39, 0.29) is 10.9 Å². The fourth-order valence-electron chi connectivity index (χ4n) is 3.03. The summed E-state index contributed by atoms with van der Waals surface area (Å²) in [7, 11) is -3.59. The highest BCUT2D eigenvalue weighted by molar-refractivity contribution is 7.89. The fraction of sp³-hybridized carbons (Fsp3) is 0.318. The fourth-order valence-corrected chi connectivity index (χ4v) is 4.51. The number of rotatable bonds is 10. The number of unbranched alkanes of at least 4 members (excludes halogenated alkanes) is 1. The van der Waals surface area contributed by atoms with E-state index in [9.17, 15) is 13.2 Å². The van der Waals surface area contributed by atoms with Crippen molar-refractivity contribution in [3.63, 3.8) is 0 Å². The van der Waals surface area contributed by atoms with Crippen molar-refractivity contribution in [2.24, 2.45) is 0 Å². The predicted molar refractivity (Wildman–Crippen MR) is 117 cm³/mol. The number of carbonyl (C=O) groups is 1. The normalized spacial score (nSPS) is 11.6. The van der Waals surface area contributed by atoms with Crippen molar-refractivity contribution in [1.29, 1.82) is 0 Å². The van der Waals surface area contributed by atoms with E-state index in [1.54, 1.807) is 0 Å². The molecule has 0 fully saturated rings. The second-order valence-corrected chi connectivity index (χ2v) is 8.93. The van der Waals surface area contributed by atoms with Gasteiger partial charge in [-0.1, -0.05) is 55.7 Å². The summed E-state index contributed by atoms with van der Waals surface area (Å²) >= 11 is 0. The Morgan fingerprint density at radius 3 is 2.39 bits per heavy atom. The van der Waals surface area contributed by atoms with Gasteiger partial charge in [0.2, 0.25) is 15.9 Å². The van der Waals surface area contributed by atoms with Gasteiger partial charge < -0.3 is 4.42 Å². The summed E-state index contributed by atoms with van der Waals surface area (Å²) in [5.74, 6) is -0.0770. The lowest BCUT2D eigenvalue weighted by atomic mass is 10.2.